The topological polar surface area (TPSA) is 71.3 Å². The highest BCUT2D eigenvalue weighted by atomic mass is 79.9. The highest BCUT2D eigenvalue weighted by Crippen LogP contribution is 2.37. The number of carbonyl (C=O) groups is 1. The third-order valence-electron chi connectivity index (χ3n) is 3.39. The first kappa shape index (κ1) is 21.6. The van der Waals surface area contributed by atoms with Crippen LogP contribution in [0.15, 0.2) is 50.9 Å². The third kappa shape index (κ3) is 5.88. The van der Waals surface area contributed by atoms with Crippen molar-refractivity contribution < 1.29 is 14.3 Å². The van der Waals surface area contributed by atoms with Crippen molar-refractivity contribution in [3.05, 3.63) is 56.5 Å². The van der Waals surface area contributed by atoms with Gasteiger partial charge in [0.25, 0.3) is 5.91 Å². The van der Waals surface area contributed by atoms with Crippen LogP contribution < -0.4 is 14.8 Å². The summed E-state index contributed by atoms with van der Waals surface area (Å²) in [5.41, 5.74) is 1.13. The second-order valence-corrected chi connectivity index (χ2v) is 7.16. The lowest BCUT2D eigenvalue weighted by atomic mass is 10.1. The number of benzene rings is 2. The first-order valence-electron chi connectivity index (χ1n) is 8.19. The van der Waals surface area contributed by atoms with Gasteiger partial charge in [-0.15, -0.1) is 6.42 Å². The SMILES string of the molecule is C#CCOc1c(Br)cc(/C=C(/C#N)C(=O)Nc2cccc(Br)c2)cc1OCC. The van der Waals surface area contributed by atoms with Crippen LogP contribution in [-0.4, -0.2) is 19.1 Å². The lowest BCUT2D eigenvalue weighted by molar-refractivity contribution is -0.112. The Bertz CT molecular complexity index is 988. The lowest BCUT2D eigenvalue weighted by Gasteiger charge is -2.13. The van der Waals surface area contributed by atoms with Gasteiger partial charge in [-0.3, -0.25) is 4.79 Å². The fraction of sp³-hybridized carbons (Fsp3) is 0.143. The molecule has 0 aromatic heterocycles. The molecule has 2 rings (SSSR count). The molecule has 0 radical (unpaired) electrons. The molecule has 142 valence electrons. The average Bonchev–Trinajstić information content (AvgIpc) is 2.65. The van der Waals surface area contributed by atoms with Crippen molar-refractivity contribution in [3.63, 3.8) is 0 Å². The van der Waals surface area contributed by atoms with Gasteiger partial charge in [0, 0.05) is 10.2 Å². The summed E-state index contributed by atoms with van der Waals surface area (Å²) in [5, 5.41) is 12.1. The molecule has 0 saturated carbocycles. The van der Waals surface area contributed by atoms with E-state index in [1.54, 1.807) is 30.3 Å². The second-order valence-electron chi connectivity index (χ2n) is 5.39. The Morgan fingerprint density at radius 3 is 2.71 bits per heavy atom. The number of terminal acetylenes is 1. The fourth-order valence-corrected chi connectivity index (χ4v) is 3.24. The molecule has 0 spiro atoms. The molecule has 0 aliphatic carbocycles. The molecule has 28 heavy (non-hydrogen) atoms. The Kier molecular flexibility index (Phi) is 8.13. The van der Waals surface area contributed by atoms with Crippen molar-refractivity contribution in [1.29, 1.82) is 5.26 Å². The number of halogens is 2. The van der Waals surface area contributed by atoms with Crippen LogP contribution in [0.1, 0.15) is 12.5 Å². The molecular formula is C21H16Br2N2O3. The van der Waals surface area contributed by atoms with Crippen LogP contribution in [0.2, 0.25) is 0 Å². The van der Waals surface area contributed by atoms with E-state index in [-0.39, 0.29) is 12.2 Å². The monoisotopic (exact) mass is 502 g/mol. The van der Waals surface area contributed by atoms with Gasteiger partial charge in [0.05, 0.1) is 11.1 Å². The van der Waals surface area contributed by atoms with Crippen LogP contribution in [0.3, 0.4) is 0 Å². The highest BCUT2D eigenvalue weighted by Gasteiger charge is 2.14. The third-order valence-corrected chi connectivity index (χ3v) is 4.47. The van der Waals surface area contributed by atoms with Crippen molar-refractivity contribution in [3.8, 4) is 29.9 Å². The maximum Gasteiger partial charge on any atom is 0.266 e. The first-order chi connectivity index (χ1) is 13.5. The van der Waals surface area contributed by atoms with Gasteiger partial charge in [0.1, 0.15) is 18.2 Å². The van der Waals surface area contributed by atoms with E-state index >= 15 is 0 Å². The van der Waals surface area contributed by atoms with E-state index in [0.717, 1.165) is 4.47 Å². The van der Waals surface area contributed by atoms with E-state index in [9.17, 15) is 10.1 Å². The standard InChI is InChI=1S/C21H16Br2N2O3/c1-3-8-28-20-18(23)10-14(11-19(20)27-4-2)9-15(13-24)21(26)25-17-7-5-6-16(22)12-17/h1,5-7,9-12H,4,8H2,2H3,(H,25,26)/b15-9-. The molecule has 0 unspecified atom stereocenters. The number of amides is 1. The minimum absolute atomic E-state index is 0.0494. The summed E-state index contributed by atoms with van der Waals surface area (Å²) in [6.07, 6.45) is 6.72. The van der Waals surface area contributed by atoms with E-state index in [1.807, 2.05) is 19.1 Å². The minimum Gasteiger partial charge on any atom is -0.490 e. The normalized spacial score (nSPS) is 10.5. The van der Waals surface area contributed by atoms with Crippen molar-refractivity contribution in [2.75, 3.05) is 18.5 Å². The zero-order chi connectivity index (χ0) is 20.5. The number of anilines is 1. The summed E-state index contributed by atoms with van der Waals surface area (Å²) >= 11 is 6.76. The molecule has 7 heteroatoms. The zero-order valence-corrected chi connectivity index (χ0v) is 18.1. The predicted molar refractivity (Wildman–Crippen MR) is 116 cm³/mol. The highest BCUT2D eigenvalue weighted by molar-refractivity contribution is 9.10. The van der Waals surface area contributed by atoms with Gasteiger partial charge in [-0.05, 0) is 64.8 Å². The van der Waals surface area contributed by atoms with Crippen LogP contribution in [0.5, 0.6) is 11.5 Å². The number of nitriles is 1. The van der Waals surface area contributed by atoms with E-state index < -0.39 is 5.91 Å². The quantitative estimate of drug-likeness (QED) is 0.321. The molecule has 0 aliphatic heterocycles. The molecule has 2 aromatic carbocycles. The molecule has 5 nitrogen and oxygen atoms in total. The van der Waals surface area contributed by atoms with Crippen molar-refractivity contribution >= 4 is 49.5 Å². The molecule has 2 aromatic rings. The zero-order valence-electron chi connectivity index (χ0n) is 15.0. The summed E-state index contributed by atoms with van der Waals surface area (Å²) in [6.45, 7) is 2.35. The van der Waals surface area contributed by atoms with E-state index in [2.05, 4.69) is 43.1 Å². The number of nitrogens with zero attached hydrogens (tertiary/aromatic N) is 1. The Labute approximate surface area is 180 Å². The van der Waals surface area contributed by atoms with E-state index in [4.69, 9.17) is 15.9 Å². The van der Waals surface area contributed by atoms with Gasteiger partial charge >= 0.3 is 0 Å². The summed E-state index contributed by atoms with van der Waals surface area (Å²) in [7, 11) is 0. The molecule has 0 aliphatic rings. The van der Waals surface area contributed by atoms with Crippen LogP contribution in [0.25, 0.3) is 6.08 Å². The fourth-order valence-electron chi connectivity index (χ4n) is 2.27. The first-order valence-corrected chi connectivity index (χ1v) is 9.78. The molecule has 1 amide bonds. The summed E-state index contributed by atoms with van der Waals surface area (Å²) in [6, 6.07) is 12.4. The van der Waals surface area contributed by atoms with Gasteiger partial charge in [0.2, 0.25) is 0 Å². The minimum atomic E-state index is -0.512. The van der Waals surface area contributed by atoms with Gasteiger partial charge in [0.15, 0.2) is 11.5 Å². The number of nitrogens with one attached hydrogen (secondary N) is 1. The summed E-state index contributed by atoms with van der Waals surface area (Å²) in [5.74, 6) is 2.82. The van der Waals surface area contributed by atoms with Crippen LogP contribution in [-0.2, 0) is 4.79 Å². The molecule has 0 atom stereocenters. The van der Waals surface area contributed by atoms with Crippen molar-refractivity contribution in [2.45, 2.75) is 6.92 Å². The number of ether oxygens (including phenoxy) is 2. The predicted octanol–water partition coefficient (Wildman–Crippen LogP) is 5.17. The van der Waals surface area contributed by atoms with Gasteiger partial charge in [-0.25, -0.2) is 0 Å². The van der Waals surface area contributed by atoms with Crippen molar-refractivity contribution in [1.82, 2.24) is 0 Å². The molecule has 0 heterocycles. The number of carbonyl (C=O) groups excluding carboxylic acids is 1. The average molecular weight is 504 g/mol. The van der Waals surface area contributed by atoms with E-state index in [1.165, 1.54) is 6.08 Å². The van der Waals surface area contributed by atoms with Gasteiger partial charge in [-0.1, -0.05) is 27.9 Å². The Hall–Kier alpha value is -2.74. The lowest BCUT2D eigenvalue weighted by Crippen LogP contribution is -2.13. The smallest absolute Gasteiger partial charge is 0.266 e. The molecule has 1 N–H and O–H groups in total. The van der Waals surface area contributed by atoms with Crippen LogP contribution in [0, 0.1) is 23.7 Å². The number of hydrogen-bond acceptors (Lipinski definition) is 4. The van der Waals surface area contributed by atoms with Crippen LogP contribution >= 0.6 is 31.9 Å². The maximum absolute atomic E-state index is 12.5. The van der Waals surface area contributed by atoms with Crippen LogP contribution in [0.4, 0.5) is 5.69 Å². The summed E-state index contributed by atoms with van der Waals surface area (Å²) < 4.78 is 12.5. The molecule has 0 fully saturated rings. The Morgan fingerprint density at radius 2 is 2.07 bits per heavy atom. The Balaban J connectivity index is 2.33. The second kappa shape index (κ2) is 10.6. The molecule has 0 bridgehead atoms. The van der Waals surface area contributed by atoms with Gasteiger partial charge in [-0.2, -0.15) is 5.26 Å². The largest absolute Gasteiger partial charge is 0.490 e. The molecular weight excluding hydrogens is 488 g/mol. The number of hydrogen-bond donors (Lipinski definition) is 1. The number of rotatable bonds is 7. The summed E-state index contributed by atoms with van der Waals surface area (Å²) in [4.78, 5) is 12.5. The maximum atomic E-state index is 12.5. The van der Waals surface area contributed by atoms with Crippen molar-refractivity contribution in [2.24, 2.45) is 0 Å². The van der Waals surface area contributed by atoms with E-state index in [0.29, 0.717) is 33.8 Å². The van der Waals surface area contributed by atoms with Gasteiger partial charge < -0.3 is 14.8 Å². The molecule has 0 saturated heterocycles. The Morgan fingerprint density at radius 1 is 1.29 bits per heavy atom.